The molecule has 34 heavy (non-hydrogen) atoms. The van der Waals surface area contributed by atoms with E-state index in [1.807, 2.05) is 36.4 Å². The zero-order valence-corrected chi connectivity index (χ0v) is 21.1. The van der Waals surface area contributed by atoms with Gasteiger partial charge < -0.3 is 24.7 Å². The van der Waals surface area contributed by atoms with Crippen LogP contribution in [0.4, 0.5) is 9.59 Å². The molecular weight excluding hydrogens is 452 g/mol. The van der Waals surface area contributed by atoms with Crippen molar-refractivity contribution in [3.05, 3.63) is 60.7 Å². The molecule has 184 valence electrons. The van der Waals surface area contributed by atoms with Crippen molar-refractivity contribution < 1.29 is 29.0 Å². The zero-order valence-electron chi connectivity index (χ0n) is 20.1. The molecule has 0 saturated carbocycles. The van der Waals surface area contributed by atoms with Crippen LogP contribution in [0.2, 0.25) is 5.04 Å². The molecule has 8 nitrogen and oxygen atoms in total. The van der Waals surface area contributed by atoms with E-state index in [1.165, 1.54) is 0 Å². The minimum atomic E-state index is -2.93. The fourth-order valence-electron chi connectivity index (χ4n) is 4.79. The van der Waals surface area contributed by atoms with Gasteiger partial charge in [-0.1, -0.05) is 81.4 Å². The number of ether oxygens (including phenoxy) is 1. The van der Waals surface area contributed by atoms with E-state index in [4.69, 9.17) is 9.16 Å². The second-order valence-electron chi connectivity index (χ2n) is 9.43. The first kappa shape index (κ1) is 25.7. The number of benzene rings is 2. The van der Waals surface area contributed by atoms with Crippen molar-refractivity contribution in [2.75, 3.05) is 19.8 Å². The second kappa shape index (κ2) is 10.6. The van der Waals surface area contributed by atoms with E-state index in [0.29, 0.717) is 0 Å². The highest BCUT2D eigenvalue weighted by atomic mass is 28.4. The van der Waals surface area contributed by atoms with E-state index >= 15 is 0 Å². The molecule has 9 heteroatoms. The van der Waals surface area contributed by atoms with Crippen molar-refractivity contribution in [3.8, 4) is 0 Å². The maximum atomic E-state index is 12.1. The summed E-state index contributed by atoms with van der Waals surface area (Å²) in [7, 11) is -2.93. The van der Waals surface area contributed by atoms with Crippen molar-refractivity contribution in [1.82, 2.24) is 10.2 Å². The Hall–Kier alpha value is -2.88. The standard InChI is InChI=1S/C25H34N2O6Si/c1-5-32-23(29)26-22-20(27(24(30)31)16-21(22)28)17-33-34(25(2,3)4,18-12-8-6-9-13-18)19-14-10-7-11-15-19/h6-15,20-22,28H,5,16-17H2,1-4H3,(H,26,29)(H,30,31). The van der Waals surface area contributed by atoms with Gasteiger partial charge in [0.25, 0.3) is 8.32 Å². The number of nitrogens with zero attached hydrogens (tertiary/aromatic N) is 1. The number of likely N-dealkylation sites (tertiary alicyclic amines) is 1. The Morgan fingerprint density at radius 1 is 1.06 bits per heavy atom. The number of hydrogen-bond acceptors (Lipinski definition) is 5. The van der Waals surface area contributed by atoms with E-state index in [0.717, 1.165) is 15.3 Å². The van der Waals surface area contributed by atoms with Crippen LogP contribution in [0.5, 0.6) is 0 Å². The number of rotatable bonds is 7. The predicted octanol–water partition coefficient (Wildman–Crippen LogP) is 2.40. The maximum Gasteiger partial charge on any atom is 0.407 e. The Morgan fingerprint density at radius 2 is 1.59 bits per heavy atom. The van der Waals surface area contributed by atoms with Crippen LogP contribution in [0.3, 0.4) is 0 Å². The molecule has 1 fully saturated rings. The predicted molar refractivity (Wildman–Crippen MR) is 132 cm³/mol. The van der Waals surface area contributed by atoms with Crippen molar-refractivity contribution in [2.24, 2.45) is 0 Å². The summed E-state index contributed by atoms with van der Waals surface area (Å²) in [5.74, 6) is 0. The average Bonchev–Trinajstić information content (AvgIpc) is 3.10. The normalized spacial score (nSPS) is 20.7. The quantitative estimate of drug-likeness (QED) is 0.519. The summed E-state index contributed by atoms with van der Waals surface area (Å²) in [6.45, 7) is 8.12. The van der Waals surface area contributed by atoms with Gasteiger partial charge in [0.1, 0.15) is 0 Å². The second-order valence-corrected chi connectivity index (χ2v) is 13.7. The molecule has 2 amide bonds. The highest BCUT2D eigenvalue weighted by molar-refractivity contribution is 6.99. The smallest absolute Gasteiger partial charge is 0.407 e. The number of nitrogens with one attached hydrogen (secondary N) is 1. The largest absolute Gasteiger partial charge is 0.465 e. The molecule has 0 radical (unpaired) electrons. The fraction of sp³-hybridized carbons (Fsp3) is 0.440. The Labute approximate surface area is 201 Å². The molecule has 0 aliphatic carbocycles. The van der Waals surface area contributed by atoms with E-state index in [9.17, 15) is 19.8 Å². The SMILES string of the molecule is CCOC(=O)NC1C(O)CN(C(=O)O)C1CO[Si](c1ccccc1)(c1ccccc1)C(C)(C)C. The van der Waals surface area contributed by atoms with Gasteiger partial charge >= 0.3 is 12.2 Å². The summed E-state index contributed by atoms with van der Waals surface area (Å²) < 4.78 is 11.9. The molecule has 2 aromatic rings. The van der Waals surface area contributed by atoms with Gasteiger partial charge in [0.05, 0.1) is 37.9 Å². The lowest BCUT2D eigenvalue weighted by Crippen LogP contribution is -2.68. The van der Waals surface area contributed by atoms with Crippen LogP contribution in [0, 0.1) is 0 Å². The third kappa shape index (κ3) is 5.11. The topological polar surface area (TPSA) is 108 Å². The maximum absolute atomic E-state index is 12.1. The van der Waals surface area contributed by atoms with E-state index in [1.54, 1.807) is 6.92 Å². The number of amides is 2. The Balaban J connectivity index is 2.03. The number of aliphatic hydroxyl groups is 1. The van der Waals surface area contributed by atoms with Crippen LogP contribution in [0.15, 0.2) is 60.7 Å². The molecule has 3 rings (SSSR count). The Bertz CT molecular complexity index is 927. The van der Waals surface area contributed by atoms with Crippen LogP contribution >= 0.6 is 0 Å². The minimum Gasteiger partial charge on any atom is -0.465 e. The first-order chi connectivity index (χ1) is 16.1. The molecule has 0 spiro atoms. The van der Waals surface area contributed by atoms with Gasteiger partial charge in [-0.05, 0) is 22.3 Å². The lowest BCUT2D eigenvalue weighted by Gasteiger charge is -2.44. The third-order valence-corrected chi connectivity index (χ3v) is 11.3. The summed E-state index contributed by atoms with van der Waals surface area (Å²) in [6, 6.07) is 18.4. The van der Waals surface area contributed by atoms with Crippen molar-refractivity contribution in [1.29, 1.82) is 0 Å². The number of alkyl carbamates (subject to hydrolysis) is 1. The highest BCUT2D eigenvalue weighted by Gasteiger charge is 2.52. The zero-order chi connectivity index (χ0) is 24.9. The summed E-state index contributed by atoms with van der Waals surface area (Å²) in [6.07, 6.45) is -2.95. The van der Waals surface area contributed by atoms with E-state index < -0.39 is 38.7 Å². The molecule has 3 unspecified atom stereocenters. The van der Waals surface area contributed by atoms with Gasteiger partial charge in [-0.25, -0.2) is 9.59 Å². The molecule has 2 aromatic carbocycles. The van der Waals surface area contributed by atoms with Gasteiger partial charge in [-0.15, -0.1) is 0 Å². The lowest BCUT2D eigenvalue weighted by molar-refractivity contribution is 0.107. The third-order valence-electron chi connectivity index (χ3n) is 6.31. The van der Waals surface area contributed by atoms with Crippen LogP contribution in [-0.2, 0) is 9.16 Å². The van der Waals surface area contributed by atoms with Gasteiger partial charge in [-0.2, -0.15) is 0 Å². The monoisotopic (exact) mass is 486 g/mol. The number of carbonyl (C=O) groups excluding carboxylic acids is 1. The van der Waals surface area contributed by atoms with Gasteiger partial charge in [0.2, 0.25) is 0 Å². The molecule has 1 aliphatic rings. The molecule has 0 bridgehead atoms. The number of β-amino-alcohol motifs (C(OH)–C–C–N with tert-alkyl or cyclic N) is 1. The average molecular weight is 487 g/mol. The molecule has 1 aliphatic heterocycles. The summed E-state index contributed by atoms with van der Waals surface area (Å²) in [5.41, 5.74) is 0. The van der Waals surface area contributed by atoms with E-state index in [-0.39, 0.29) is 24.8 Å². The summed E-state index contributed by atoms with van der Waals surface area (Å²) in [4.78, 5) is 25.3. The molecule has 1 heterocycles. The number of hydrogen-bond donors (Lipinski definition) is 3. The molecular formula is C25H34N2O6Si. The van der Waals surface area contributed by atoms with Gasteiger partial charge in [-0.3, -0.25) is 4.90 Å². The van der Waals surface area contributed by atoms with Crippen molar-refractivity contribution >= 4 is 30.9 Å². The first-order valence-electron chi connectivity index (χ1n) is 11.5. The number of carbonyl (C=O) groups is 2. The van der Waals surface area contributed by atoms with Gasteiger partial charge in [0.15, 0.2) is 0 Å². The minimum absolute atomic E-state index is 0.00765. The number of aliphatic hydroxyl groups excluding tert-OH is 1. The van der Waals surface area contributed by atoms with Gasteiger partial charge in [0, 0.05) is 0 Å². The molecule has 0 aromatic heterocycles. The van der Waals surface area contributed by atoms with Crippen LogP contribution in [0.25, 0.3) is 0 Å². The van der Waals surface area contributed by atoms with Crippen LogP contribution < -0.4 is 15.7 Å². The summed E-state index contributed by atoms with van der Waals surface area (Å²) in [5, 5.41) is 24.9. The van der Waals surface area contributed by atoms with Crippen molar-refractivity contribution in [2.45, 2.75) is 50.9 Å². The molecule has 3 N–H and O–H groups in total. The van der Waals surface area contributed by atoms with Crippen LogP contribution in [-0.4, -0.2) is 73.6 Å². The Morgan fingerprint density at radius 3 is 2.03 bits per heavy atom. The fourth-order valence-corrected chi connectivity index (χ4v) is 9.36. The lowest BCUT2D eigenvalue weighted by atomic mass is 10.1. The molecule has 3 atom stereocenters. The van der Waals surface area contributed by atoms with E-state index in [2.05, 4.69) is 50.4 Å². The first-order valence-corrected chi connectivity index (χ1v) is 13.4. The van der Waals surface area contributed by atoms with Crippen LogP contribution in [0.1, 0.15) is 27.7 Å². The van der Waals surface area contributed by atoms with Crippen molar-refractivity contribution in [3.63, 3.8) is 0 Å². The Kier molecular flexibility index (Phi) is 8.01. The molecule has 1 saturated heterocycles. The number of carboxylic acid groups (broad SMARTS) is 1. The highest BCUT2D eigenvalue weighted by Crippen LogP contribution is 2.37. The summed E-state index contributed by atoms with van der Waals surface area (Å²) >= 11 is 0.